The van der Waals surface area contributed by atoms with Crippen LogP contribution in [0.15, 0.2) is 42.5 Å². The van der Waals surface area contributed by atoms with Crippen LogP contribution in [-0.2, 0) is 6.54 Å². The van der Waals surface area contributed by atoms with Gasteiger partial charge in [-0.2, -0.15) is 0 Å². The Bertz CT molecular complexity index is 521. The molecule has 2 aromatic rings. The van der Waals surface area contributed by atoms with E-state index in [0.717, 1.165) is 28.5 Å². The van der Waals surface area contributed by atoms with Gasteiger partial charge >= 0.3 is 0 Å². The molecule has 0 fully saturated rings. The van der Waals surface area contributed by atoms with Crippen molar-refractivity contribution in [2.75, 3.05) is 17.7 Å². The van der Waals surface area contributed by atoms with Gasteiger partial charge in [-0.3, -0.25) is 0 Å². The smallest absolute Gasteiger partial charge is 0.0455 e. The number of anilines is 2. The highest BCUT2D eigenvalue weighted by Crippen LogP contribution is 2.20. The Hall–Kier alpha value is -1.67. The van der Waals surface area contributed by atoms with Crippen molar-refractivity contribution in [2.24, 2.45) is 0 Å². The molecule has 3 heteroatoms. The van der Waals surface area contributed by atoms with E-state index in [1.165, 1.54) is 5.56 Å². The molecule has 0 heterocycles. The summed E-state index contributed by atoms with van der Waals surface area (Å²) in [5, 5.41) is 7.26. The molecule has 0 aliphatic heterocycles. The molecule has 0 aliphatic rings. The van der Waals surface area contributed by atoms with Crippen LogP contribution in [0.1, 0.15) is 11.1 Å². The van der Waals surface area contributed by atoms with E-state index < -0.39 is 0 Å². The minimum absolute atomic E-state index is 0.795. The molecule has 0 bridgehead atoms. The van der Waals surface area contributed by atoms with E-state index in [0.29, 0.717) is 0 Å². The highest BCUT2D eigenvalue weighted by atomic mass is 35.5. The van der Waals surface area contributed by atoms with Crippen LogP contribution in [-0.4, -0.2) is 7.05 Å². The molecule has 2 nitrogen and oxygen atoms in total. The van der Waals surface area contributed by atoms with Gasteiger partial charge in [0, 0.05) is 30.0 Å². The molecule has 94 valence electrons. The first kappa shape index (κ1) is 12.8. The van der Waals surface area contributed by atoms with Gasteiger partial charge in [0.25, 0.3) is 0 Å². The molecule has 0 saturated heterocycles. The van der Waals surface area contributed by atoms with Crippen LogP contribution < -0.4 is 10.6 Å². The van der Waals surface area contributed by atoms with Crippen molar-refractivity contribution < 1.29 is 0 Å². The van der Waals surface area contributed by atoms with Crippen molar-refractivity contribution in [3.63, 3.8) is 0 Å². The predicted octanol–water partition coefficient (Wildman–Crippen LogP) is 4.30. The molecule has 0 saturated carbocycles. The standard InChI is InChI=1S/C15H17ClN2/c1-11-3-6-14(9-15(11)16)18-10-12-4-7-13(17-2)8-5-12/h3-9,17-18H,10H2,1-2H3. The molecule has 0 aromatic heterocycles. The van der Waals surface area contributed by atoms with Crippen molar-refractivity contribution in [1.82, 2.24) is 0 Å². The van der Waals surface area contributed by atoms with Crippen LogP contribution in [0.4, 0.5) is 11.4 Å². The molecular formula is C15H17ClN2. The van der Waals surface area contributed by atoms with Gasteiger partial charge in [0.2, 0.25) is 0 Å². The summed E-state index contributed by atoms with van der Waals surface area (Å²) in [4.78, 5) is 0. The van der Waals surface area contributed by atoms with Gasteiger partial charge < -0.3 is 10.6 Å². The predicted molar refractivity (Wildman–Crippen MR) is 79.5 cm³/mol. The Labute approximate surface area is 113 Å². The number of hydrogen-bond acceptors (Lipinski definition) is 2. The third kappa shape index (κ3) is 3.17. The van der Waals surface area contributed by atoms with Crippen molar-refractivity contribution in [3.8, 4) is 0 Å². The van der Waals surface area contributed by atoms with Gasteiger partial charge in [0.05, 0.1) is 0 Å². The molecule has 18 heavy (non-hydrogen) atoms. The molecular weight excluding hydrogens is 244 g/mol. The number of halogens is 1. The fraction of sp³-hybridized carbons (Fsp3) is 0.200. The summed E-state index contributed by atoms with van der Waals surface area (Å²) in [6.45, 7) is 2.80. The maximum Gasteiger partial charge on any atom is 0.0455 e. The Kier molecular flexibility index (Phi) is 4.11. The first-order chi connectivity index (χ1) is 8.69. The third-order valence-electron chi connectivity index (χ3n) is 2.91. The second kappa shape index (κ2) is 5.78. The molecule has 0 unspecified atom stereocenters. The topological polar surface area (TPSA) is 24.1 Å². The zero-order valence-electron chi connectivity index (χ0n) is 10.6. The van der Waals surface area contributed by atoms with Crippen molar-refractivity contribution in [3.05, 3.63) is 58.6 Å². The quantitative estimate of drug-likeness (QED) is 0.856. The summed E-state index contributed by atoms with van der Waals surface area (Å²) < 4.78 is 0. The maximum atomic E-state index is 6.09. The third-order valence-corrected chi connectivity index (χ3v) is 3.32. The van der Waals surface area contributed by atoms with Gasteiger partial charge in [-0.05, 0) is 42.3 Å². The SMILES string of the molecule is CNc1ccc(CNc2ccc(C)c(Cl)c2)cc1. The fourth-order valence-corrected chi connectivity index (χ4v) is 1.88. The van der Waals surface area contributed by atoms with E-state index in [1.54, 1.807) is 0 Å². The van der Waals surface area contributed by atoms with E-state index in [-0.39, 0.29) is 0 Å². The van der Waals surface area contributed by atoms with Gasteiger partial charge in [0.1, 0.15) is 0 Å². The lowest BCUT2D eigenvalue weighted by Crippen LogP contribution is -1.99. The van der Waals surface area contributed by atoms with Gasteiger partial charge in [0.15, 0.2) is 0 Å². The highest BCUT2D eigenvalue weighted by Gasteiger charge is 1.98. The summed E-state index contributed by atoms with van der Waals surface area (Å²) in [6.07, 6.45) is 0. The Balaban J connectivity index is 1.99. The molecule has 2 aromatic carbocycles. The normalized spacial score (nSPS) is 10.2. The summed E-state index contributed by atoms with van der Waals surface area (Å²) in [6, 6.07) is 14.4. The highest BCUT2D eigenvalue weighted by molar-refractivity contribution is 6.31. The fourth-order valence-electron chi connectivity index (χ4n) is 1.70. The molecule has 2 N–H and O–H groups in total. The zero-order valence-corrected chi connectivity index (χ0v) is 11.4. The molecule has 2 rings (SSSR count). The number of rotatable bonds is 4. The van der Waals surface area contributed by atoms with Gasteiger partial charge in [-0.25, -0.2) is 0 Å². The molecule has 0 spiro atoms. The lowest BCUT2D eigenvalue weighted by Gasteiger charge is -2.08. The van der Waals surface area contributed by atoms with Crippen LogP contribution in [0.5, 0.6) is 0 Å². The van der Waals surface area contributed by atoms with Gasteiger partial charge in [-0.1, -0.05) is 29.8 Å². The lowest BCUT2D eigenvalue weighted by atomic mass is 10.2. The molecule has 0 atom stereocenters. The largest absolute Gasteiger partial charge is 0.388 e. The summed E-state index contributed by atoms with van der Waals surface area (Å²) in [7, 11) is 1.92. The first-order valence-corrected chi connectivity index (χ1v) is 6.33. The number of hydrogen-bond donors (Lipinski definition) is 2. The Morgan fingerprint density at radius 1 is 1.00 bits per heavy atom. The average molecular weight is 261 g/mol. The summed E-state index contributed by atoms with van der Waals surface area (Å²) >= 11 is 6.09. The van der Waals surface area contributed by atoms with E-state index in [2.05, 4.69) is 34.9 Å². The number of aryl methyl sites for hydroxylation is 1. The van der Waals surface area contributed by atoms with Crippen LogP contribution in [0, 0.1) is 6.92 Å². The Morgan fingerprint density at radius 3 is 2.28 bits per heavy atom. The number of benzene rings is 2. The van der Waals surface area contributed by atoms with E-state index in [9.17, 15) is 0 Å². The van der Waals surface area contributed by atoms with Crippen LogP contribution >= 0.6 is 11.6 Å². The molecule has 0 radical (unpaired) electrons. The Morgan fingerprint density at radius 2 is 1.67 bits per heavy atom. The van der Waals surface area contributed by atoms with Crippen molar-refractivity contribution in [1.29, 1.82) is 0 Å². The monoisotopic (exact) mass is 260 g/mol. The van der Waals surface area contributed by atoms with Crippen molar-refractivity contribution >= 4 is 23.0 Å². The number of nitrogens with one attached hydrogen (secondary N) is 2. The zero-order chi connectivity index (χ0) is 13.0. The van der Waals surface area contributed by atoms with Crippen molar-refractivity contribution in [2.45, 2.75) is 13.5 Å². The van der Waals surface area contributed by atoms with Crippen LogP contribution in [0.25, 0.3) is 0 Å². The average Bonchev–Trinajstić information content (AvgIpc) is 2.41. The lowest BCUT2D eigenvalue weighted by molar-refractivity contribution is 1.15. The van der Waals surface area contributed by atoms with E-state index in [4.69, 9.17) is 11.6 Å². The summed E-state index contributed by atoms with van der Waals surface area (Å²) in [5.74, 6) is 0. The second-order valence-corrected chi connectivity index (χ2v) is 4.67. The molecule has 0 amide bonds. The maximum absolute atomic E-state index is 6.09. The van der Waals surface area contributed by atoms with E-state index in [1.807, 2.05) is 32.2 Å². The van der Waals surface area contributed by atoms with E-state index >= 15 is 0 Å². The molecule has 0 aliphatic carbocycles. The van der Waals surface area contributed by atoms with Crippen LogP contribution in [0.3, 0.4) is 0 Å². The second-order valence-electron chi connectivity index (χ2n) is 4.26. The summed E-state index contributed by atoms with van der Waals surface area (Å²) in [5.41, 5.74) is 4.51. The first-order valence-electron chi connectivity index (χ1n) is 5.96. The minimum atomic E-state index is 0.795. The minimum Gasteiger partial charge on any atom is -0.388 e. The van der Waals surface area contributed by atoms with Gasteiger partial charge in [-0.15, -0.1) is 0 Å². The van der Waals surface area contributed by atoms with Crippen LogP contribution in [0.2, 0.25) is 5.02 Å².